The number of carboxylic acid groups (broad SMARTS) is 1. The van der Waals surface area contributed by atoms with Gasteiger partial charge in [0.25, 0.3) is 5.91 Å². The van der Waals surface area contributed by atoms with Gasteiger partial charge in [-0.15, -0.1) is 0 Å². The third-order valence-electron chi connectivity index (χ3n) is 4.65. The average molecular weight is 307 g/mol. The molecule has 1 aromatic heterocycles. The molecule has 2 rings (SSSR count). The fourth-order valence-electron chi connectivity index (χ4n) is 3.34. The van der Waals surface area contributed by atoms with E-state index in [9.17, 15) is 14.7 Å². The third-order valence-corrected chi connectivity index (χ3v) is 4.65. The number of hydrogen-bond acceptors (Lipinski definition) is 3. The Bertz CT molecular complexity index is 579. The van der Waals surface area contributed by atoms with Crippen molar-refractivity contribution in [2.24, 2.45) is 13.0 Å². The molecular weight excluding hydrogens is 282 g/mol. The van der Waals surface area contributed by atoms with Gasteiger partial charge in [0.2, 0.25) is 0 Å². The number of amides is 1. The first-order valence-corrected chi connectivity index (χ1v) is 7.84. The summed E-state index contributed by atoms with van der Waals surface area (Å²) >= 11 is 0. The SMILES string of the molecule is CC(C)c1cc(C(=O)NC2(C)CCCCC2C(=O)O)nn1C. The lowest BCUT2D eigenvalue weighted by Gasteiger charge is -2.39. The van der Waals surface area contributed by atoms with Crippen molar-refractivity contribution in [3.8, 4) is 0 Å². The summed E-state index contributed by atoms with van der Waals surface area (Å²) in [4.78, 5) is 24.0. The molecule has 1 aliphatic carbocycles. The Morgan fingerprint density at radius 3 is 2.68 bits per heavy atom. The first-order valence-electron chi connectivity index (χ1n) is 7.84. The predicted octanol–water partition coefficient (Wildman–Crippen LogP) is 2.31. The summed E-state index contributed by atoms with van der Waals surface area (Å²) in [5, 5.41) is 16.6. The first-order chi connectivity index (χ1) is 10.2. The monoisotopic (exact) mass is 307 g/mol. The van der Waals surface area contributed by atoms with E-state index in [1.54, 1.807) is 10.7 Å². The van der Waals surface area contributed by atoms with Crippen LogP contribution in [0.1, 0.15) is 68.6 Å². The van der Waals surface area contributed by atoms with Crippen LogP contribution < -0.4 is 5.32 Å². The van der Waals surface area contributed by atoms with E-state index in [1.807, 2.05) is 27.8 Å². The van der Waals surface area contributed by atoms with Gasteiger partial charge in [0.1, 0.15) is 5.69 Å². The Kier molecular flexibility index (Phi) is 4.58. The molecule has 1 amide bonds. The van der Waals surface area contributed by atoms with Crippen molar-refractivity contribution in [2.75, 3.05) is 0 Å². The predicted molar refractivity (Wildman–Crippen MR) is 82.8 cm³/mol. The van der Waals surface area contributed by atoms with E-state index in [0.29, 0.717) is 18.5 Å². The van der Waals surface area contributed by atoms with E-state index in [1.165, 1.54) is 0 Å². The molecule has 1 aliphatic rings. The van der Waals surface area contributed by atoms with Gasteiger partial charge >= 0.3 is 5.97 Å². The number of carboxylic acids is 1. The van der Waals surface area contributed by atoms with Gasteiger partial charge in [-0.1, -0.05) is 26.7 Å². The summed E-state index contributed by atoms with van der Waals surface area (Å²) in [6.07, 6.45) is 3.11. The second kappa shape index (κ2) is 6.10. The van der Waals surface area contributed by atoms with Crippen molar-refractivity contribution < 1.29 is 14.7 Å². The standard InChI is InChI=1S/C16H25N3O3/c1-10(2)13-9-12(18-19(13)4)14(20)17-16(3)8-6-5-7-11(16)15(21)22/h9-11H,5-8H2,1-4H3,(H,17,20)(H,21,22). The van der Waals surface area contributed by atoms with Crippen LogP contribution in [0.4, 0.5) is 0 Å². The number of aryl methyl sites for hydroxylation is 1. The average Bonchev–Trinajstić information content (AvgIpc) is 2.80. The summed E-state index contributed by atoms with van der Waals surface area (Å²) in [5.74, 6) is -1.40. The molecule has 22 heavy (non-hydrogen) atoms. The molecule has 2 unspecified atom stereocenters. The van der Waals surface area contributed by atoms with Crippen LogP contribution in [0.15, 0.2) is 6.07 Å². The van der Waals surface area contributed by atoms with Gasteiger partial charge in [-0.3, -0.25) is 14.3 Å². The number of hydrogen-bond donors (Lipinski definition) is 2. The molecule has 0 saturated heterocycles. The summed E-state index contributed by atoms with van der Waals surface area (Å²) in [5.41, 5.74) is 0.618. The molecule has 1 aromatic rings. The van der Waals surface area contributed by atoms with Crippen LogP contribution in [0.5, 0.6) is 0 Å². The van der Waals surface area contributed by atoms with E-state index < -0.39 is 17.4 Å². The molecule has 6 nitrogen and oxygen atoms in total. The molecule has 2 atom stereocenters. The maximum absolute atomic E-state index is 12.5. The molecule has 0 aromatic carbocycles. The molecule has 122 valence electrons. The quantitative estimate of drug-likeness (QED) is 0.894. The number of aromatic nitrogens is 2. The number of nitrogens with one attached hydrogen (secondary N) is 1. The zero-order chi connectivity index (χ0) is 16.5. The molecule has 1 heterocycles. The summed E-state index contributed by atoms with van der Waals surface area (Å²) in [6.45, 7) is 5.92. The molecule has 0 spiro atoms. The highest BCUT2D eigenvalue weighted by atomic mass is 16.4. The van der Waals surface area contributed by atoms with Crippen LogP contribution in [-0.2, 0) is 11.8 Å². The smallest absolute Gasteiger partial charge is 0.308 e. The summed E-state index contributed by atoms with van der Waals surface area (Å²) in [6, 6.07) is 1.78. The van der Waals surface area contributed by atoms with E-state index in [-0.39, 0.29) is 11.8 Å². The lowest BCUT2D eigenvalue weighted by Crippen LogP contribution is -2.55. The highest BCUT2D eigenvalue weighted by Gasteiger charge is 2.42. The van der Waals surface area contributed by atoms with Crippen LogP contribution in [0.2, 0.25) is 0 Å². The van der Waals surface area contributed by atoms with Gasteiger partial charge in [-0.2, -0.15) is 5.10 Å². The minimum absolute atomic E-state index is 0.274. The van der Waals surface area contributed by atoms with Crippen molar-refractivity contribution in [1.29, 1.82) is 0 Å². The fraction of sp³-hybridized carbons (Fsp3) is 0.688. The molecule has 1 fully saturated rings. The second-order valence-electron chi connectivity index (χ2n) is 6.74. The lowest BCUT2D eigenvalue weighted by atomic mass is 9.74. The molecule has 0 aliphatic heterocycles. The normalized spacial score (nSPS) is 25.2. The van der Waals surface area contributed by atoms with Crippen molar-refractivity contribution in [3.63, 3.8) is 0 Å². The number of aliphatic carboxylic acids is 1. The van der Waals surface area contributed by atoms with Crippen molar-refractivity contribution in [3.05, 3.63) is 17.5 Å². The molecule has 0 bridgehead atoms. The molecular formula is C16H25N3O3. The van der Waals surface area contributed by atoms with Gasteiger partial charge in [0.05, 0.1) is 11.5 Å². The molecule has 0 radical (unpaired) electrons. The van der Waals surface area contributed by atoms with E-state index in [4.69, 9.17) is 0 Å². The highest BCUT2D eigenvalue weighted by molar-refractivity contribution is 5.93. The van der Waals surface area contributed by atoms with Gasteiger partial charge < -0.3 is 10.4 Å². The molecule has 2 N–H and O–H groups in total. The highest BCUT2D eigenvalue weighted by Crippen LogP contribution is 2.34. The van der Waals surface area contributed by atoms with E-state index in [0.717, 1.165) is 18.5 Å². The van der Waals surface area contributed by atoms with Crippen molar-refractivity contribution in [2.45, 2.75) is 57.9 Å². The third kappa shape index (κ3) is 3.15. The lowest BCUT2D eigenvalue weighted by molar-refractivity contribution is -0.145. The molecule has 6 heteroatoms. The number of rotatable bonds is 4. The van der Waals surface area contributed by atoms with Crippen molar-refractivity contribution in [1.82, 2.24) is 15.1 Å². The Morgan fingerprint density at radius 1 is 1.45 bits per heavy atom. The first kappa shape index (κ1) is 16.5. The number of carbonyl (C=O) groups excluding carboxylic acids is 1. The van der Waals surface area contributed by atoms with Gasteiger partial charge in [-0.05, 0) is 31.7 Å². The van der Waals surface area contributed by atoms with Crippen LogP contribution in [0.25, 0.3) is 0 Å². The van der Waals surface area contributed by atoms with Gasteiger partial charge in [0, 0.05) is 12.7 Å². The summed E-state index contributed by atoms with van der Waals surface area (Å²) < 4.78 is 1.71. The van der Waals surface area contributed by atoms with E-state index in [2.05, 4.69) is 10.4 Å². The topological polar surface area (TPSA) is 84.2 Å². The maximum atomic E-state index is 12.5. The summed E-state index contributed by atoms with van der Waals surface area (Å²) in [7, 11) is 1.81. The largest absolute Gasteiger partial charge is 0.481 e. The zero-order valence-corrected chi connectivity index (χ0v) is 13.7. The Hall–Kier alpha value is -1.85. The van der Waals surface area contributed by atoms with E-state index >= 15 is 0 Å². The molecule has 1 saturated carbocycles. The van der Waals surface area contributed by atoms with Crippen LogP contribution in [-0.4, -0.2) is 32.3 Å². The van der Waals surface area contributed by atoms with Crippen LogP contribution >= 0.6 is 0 Å². The maximum Gasteiger partial charge on any atom is 0.308 e. The number of nitrogens with zero attached hydrogens (tertiary/aromatic N) is 2. The van der Waals surface area contributed by atoms with Gasteiger partial charge in [-0.25, -0.2) is 0 Å². The van der Waals surface area contributed by atoms with Gasteiger partial charge in [0.15, 0.2) is 0 Å². The minimum Gasteiger partial charge on any atom is -0.481 e. The minimum atomic E-state index is -0.841. The Labute approximate surface area is 130 Å². The van der Waals surface area contributed by atoms with Crippen LogP contribution in [0.3, 0.4) is 0 Å². The Balaban J connectivity index is 2.19. The number of carbonyl (C=O) groups is 2. The van der Waals surface area contributed by atoms with Crippen LogP contribution in [0, 0.1) is 5.92 Å². The zero-order valence-electron chi connectivity index (χ0n) is 13.7. The van der Waals surface area contributed by atoms with Crippen molar-refractivity contribution >= 4 is 11.9 Å². The Morgan fingerprint density at radius 2 is 2.14 bits per heavy atom. The fourth-order valence-corrected chi connectivity index (χ4v) is 3.34. The second-order valence-corrected chi connectivity index (χ2v) is 6.74.